The Balaban J connectivity index is 1.10. The van der Waals surface area contributed by atoms with Crippen LogP contribution in [0, 0.1) is 13.8 Å². The van der Waals surface area contributed by atoms with Crippen LogP contribution in [0.2, 0.25) is 0 Å². The Kier molecular flexibility index (Phi) is 8.41. The van der Waals surface area contributed by atoms with Gasteiger partial charge in [-0.15, -0.1) is 0 Å². The van der Waals surface area contributed by atoms with Gasteiger partial charge in [-0.2, -0.15) is 0 Å². The van der Waals surface area contributed by atoms with Crippen LogP contribution >= 0.6 is 0 Å². The SMILES string of the molecule is Cc1c(-c2cc(-c3cnc4c(N)c(/C=C\Cc5ccccc5)ccc4c3)cc(-c3ccc4cccnc4c3)n2)ccc2c1oc1c(C)ccc(-c3ccccc3)c12. The van der Waals surface area contributed by atoms with Gasteiger partial charge in [-0.3, -0.25) is 9.97 Å². The molecule has 0 saturated heterocycles. The van der Waals surface area contributed by atoms with E-state index in [0.29, 0.717) is 5.69 Å². The summed E-state index contributed by atoms with van der Waals surface area (Å²) in [7, 11) is 0. The number of hydrogen-bond donors (Lipinski definition) is 1. The van der Waals surface area contributed by atoms with Crippen molar-refractivity contribution in [3.8, 4) is 44.8 Å². The van der Waals surface area contributed by atoms with E-state index in [0.717, 1.165) is 112 Å². The average Bonchev–Trinajstić information content (AvgIpc) is 3.66. The number of hydrogen-bond acceptors (Lipinski definition) is 5. The van der Waals surface area contributed by atoms with Gasteiger partial charge in [0, 0.05) is 56.2 Å². The molecule has 5 nitrogen and oxygen atoms in total. The number of anilines is 1. The predicted octanol–water partition coefficient (Wildman–Crippen LogP) is 13.2. The molecule has 6 aromatic carbocycles. The van der Waals surface area contributed by atoms with E-state index in [4.69, 9.17) is 20.1 Å². The van der Waals surface area contributed by atoms with Gasteiger partial charge in [0.25, 0.3) is 0 Å². The van der Waals surface area contributed by atoms with Crippen LogP contribution in [0.3, 0.4) is 0 Å². The number of nitrogens with zero attached hydrogens (tertiary/aromatic N) is 3. The van der Waals surface area contributed by atoms with Crippen LogP contribution in [-0.4, -0.2) is 15.0 Å². The number of nitrogen functional groups attached to an aromatic ring is 1. The van der Waals surface area contributed by atoms with Crippen molar-refractivity contribution in [1.29, 1.82) is 0 Å². The summed E-state index contributed by atoms with van der Waals surface area (Å²) in [6, 6.07) is 50.7. The van der Waals surface area contributed by atoms with Crippen molar-refractivity contribution >= 4 is 55.5 Å². The lowest BCUT2D eigenvalue weighted by atomic mass is 9.94. The molecule has 0 saturated carbocycles. The highest BCUT2D eigenvalue weighted by molar-refractivity contribution is 6.14. The summed E-state index contributed by atoms with van der Waals surface area (Å²) in [4.78, 5) is 14.9. The molecular weight excluding hydrogens is 697 g/mol. The molecule has 0 aliphatic carbocycles. The topological polar surface area (TPSA) is 77.8 Å². The van der Waals surface area contributed by atoms with Crippen LogP contribution in [0.4, 0.5) is 5.69 Å². The highest BCUT2D eigenvalue weighted by Gasteiger charge is 2.20. The first-order valence-corrected chi connectivity index (χ1v) is 19.3. The van der Waals surface area contributed by atoms with Crippen molar-refractivity contribution < 1.29 is 4.42 Å². The lowest BCUT2D eigenvalue weighted by molar-refractivity contribution is 0.663. The van der Waals surface area contributed by atoms with Crippen molar-refractivity contribution in [3.05, 3.63) is 186 Å². The maximum absolute atomic E-state index is 6.77. The monoisotopic (exact) mass is 734 g/mol. The standard InChI is InChI=1S/C52H38N4O/c1-32-18-23-43(35-14-7-4-8-15-35)48-44-25-24-42(33(2)52(44)57-51(32)48)47-30-40(29-46(56-47)38-21-19-36-17-10-26-54-45(36)28-38)41-27-39-22-20-37(49(53)50(39)55-31-41)16-9-13-34-11-5-3-6-12-34/h3-12,14-31H,13,53H2,1-2H3/b16-9-. The zero-order chi connectivity index (χ0) is 38.5. The molecule has 0 radical (unpaired) electrons. The third-order valence-corrected chi connectivity index (χ3v) is 11.1. The summed E-state index contributed by atoms with van der Waals surface area (Å²) in [5.41, 5.74) is 23.2. The summed E-state index contributed by atoms with van der Waals surface area (Å²) in [6.07, 6.45) is 8.82. The number of fused-ring (bicyclic) bond motifs is 5. The Morgan fingerprint density at radius 3 is 2.26 bits per heavy atom. The summed E-state index contributed by atoms with van der Waals surface area (Å²) in [5, 5.41) is 4.29. The van der Waals surface area contributed by atoms with Crippen LogP contribution in [0.25, 0.3) is 94.6 Å². The molecule has 10 rings (SSSR count). The number of allylic oxidation sites excluding steroid dienone is 1. The molecule has 4 heterocycles. The van der Waals surface area contributed by atoms with E-state index in [1.807, 2.05) is 24.5 Å². The summed E-state index contributed by atoms with van der Waals surface area (Å²) >= 11 is 0. The van der Waals surface area contributed by atoms with Crippen LogP contribution in [0.15, 0.2) is 168 Å². The number of aromatic nitrogens is 3. The lowest BCUT2D eigenvalue weighted by Crippen LogP contribution is -1.96. The molecule has 0 aliphatic rings. The molecule has 0 amide bonds. The first kappa shape index (κ1) is 34.1. The van der Waals surface area contributed by atoms with Crippen LogP contribution < -0.4 is 5.73 Å². The zero-order valence-corrected chi connectivity index (χ0v) is 31.7. The average molecular weight is 735 g/mol. The fourth-order valence-electron chi connectivity index (χ4n) is 8.03. The molecule has 57 heavy (non-hydrogen) atoms. The molecule has 10 aromatic rings. The maximum Gasteiger partial charge on any atom is 0.139 e. The number of benzene rings is 6. The van der Waals surface area contributed by atoms with Gasteiger partial charge in [0.05, 0.1) is 28.1 Å². The Hall–Kier alpha value is -7.37. The fraction of sp³-hybridized carbons (Fsp3) is 0.0577. The first-order valence-electron chi connectivity index (χ1n) is 19.3. The largest absolute Gasteiger partial charge is 0.455 e. The lowest BCUT2D eigenvalue weighted by Gasteiger charge is -2.13. The quantitative estimate of drug-likeness (QED) is 0.165. The minimum absolute atomic E-state index is 0.670. The Morgan fingerprint density at radius 1 is 0.614 bits per heavy atom. The van der Waals surface area contributed by atoms with Gasteiger partial charge in [0.2, 0.25) is 0 Å². The van der Waals surface area contributed by atoms with Gasteiger partial charge in [-0.1, -0.05) is 121 Å². The number of rotatable bonds is 7. The van der Waals surface area contributed by atoms with E-state index in [1.165, 1.54) is 5.56 Å². The highest BCUT2D eigenvalue weighted by atomic mass is 16.3. The second-order valence-corrected chi connectivity index (χ2v) is 14.7. The first-order chi connectivity index (χ1) is 28.0. The van der Waals surface area contributed by atoms with E-state index in [9.17, 15) is 0 Å². The van der Waals surface area contributed by atoms with Gasteiger partial charge in [0.15, 0.2) is 0 Å². The molecular formula is C52H38N4O. The summed E-state index contributed by atoms with van der Waals surface area (Å²) in [5.74, 6) is 0. The second-order valence-electron chi connectivity index (χ2n) is 14.7. The minimum Gasteiger partial charge on any atom is -0.455 e. The van der Waals surface area contributed by atoms with Gasteiger partial charge in [0.1, 0.15) is 11.2 Å². The van der Waals surface area contributed by atoms with Gasteiger partial charge in [-0.05, 0) is 90.0 Å². The third-order valence-electron chi connectivity index (χ3n) is 11.1. The Morgan fingerprint density at radius 2 is 1.40 bits per heavy atom. The smallest absolute Gasteiger partial charge is 0.139 e. The Labute approximate surface area is 330 Å². The van der Waals surface area contributed by atoms with Crippen molar-refractivity contribution in [2.24, 2.45) is 0 Å². The molecule has 0 atom stereocenters. The summed E-state index contributed by atoms with van der Waals surface area (Å²) in [6.45, 7) is 4.25. The minimum atomic E-state index is 0.670. The zero-order valence-electron chi connectivity index (χ0n) is 31.7. The van der Waals surface area contributed by atoms with Crippen LogP contribution in [0.5, 0.6) is 0 Å². The normalized spacial score (nSPS) is 11.8. The Bertz CT molecular complexity index is 3180. The third kappa shape index (κ3) is 6.20. The maximum atomic E-state index is 6.77. The van der Waals surface area contributed by atoms with E-state index in [2.05, 4.69) is 164 Å². The molecule has 0 spiro atoms. The van der Waals surface area contributed by atoms with Crippen LogP contribution in [-0.2, 0) is 6.42 Å². The van der Waals surface area contributed by atoms with Gasteiger partial charge < -0.3 is 10.2 Å². The molecule has 5 heteroatoms. The number of pyridine rings is 3. The van der Waals surface area contributed by atoms with Crippen molar-refractivity contribution in [2.45, 2.75) is 20.3 Å². The number of nitrogens with two attached hydrogens (primary N) is 1. The van der Waals surface area contributed by atoms with E-state index >= 15 is 0 Å². The fourth-order valence-corrected chi connectivity index (χ4v) is 8.03. The number of furan rings is 1. The molecule has 2 N–H and O–H groups in total. The van der Waals surface area contributed by atoms with E-state index in [1.54, 1.807) is 0 Å². The van der Waals surface area contributed by atoms with E-state index in [-0.39, 0.29) is 0 Å². The molecule has 0 bridgehead atoms. The molecule has 0 unspecified atom stereocenters. The van der Waals surface area contributed by atoms with Crippen molar-refractivity contribution in [2.75, 3.05) is 5.73 Å². The molecule has 4 aromatic heterocycles. The molecule has 0 aliphatic heterocycles. The van der Waals surface area contributed by atoms with Gasteiger partial charge in [-0.25, -0.2) is 4.98 Å². The number of aryl methyl sites for hydroxylation is 2. The van der Waals surface area contributed by atoms with E-state index < -0.39 is 0 Å². The van der Waals surface area contributed by atoms with Gasteiger partial charge >= 0.3 is 0 Å². The predicted molar refractivity (Wildman–Crippen MR) is 237 cm³/mol. The summed E-state index contributed by atoms with van der Waals surface area (Å²) < 4.78 is 6.77. The molecule has 272 valence electrons. The van der Waals surface area contributed by atoms with Crippen molar-refractivity contribution in [3.63, 3.8) is 0 Å². The molecule has 0 fully saturated rings. The second kappa shape index (κ2) is 14.0. The van der Waals surface area contributed by atoms with Crippen LogP contribution in [0.1, 0.15) is 22.3 Å². The highest BCUT2D eigenvalue weighted by Crippen LogP contribution is 2.42. The van der Waals surface area contributed by atoms with Crippen molar-refractivity contribution in [1.82, 2.24) is 15.0 Å².